The lowest BCUT2D eigenvalue weighted by atomic mass is 9.95. The van der Waals surface area contributed by atoms with E-state index in [1.165, 1.54) is 12.1 Å². The van der Waals surface area contributed by atoms with E-state index in [1.54, 1.807) is 6.07 Å². The van der Waals surface area contributed by atoms with Crippen LogP contribution in [-0.2, 0) is 6.18 Å². The normalized spacial score (nSPS) is 23.7. The van der Waals surface area contributed by atoms with Crippen molar-refractivity contribution in [1.29, 1.82) is 5.26 Å². The second kappa shape index (κ2) is 6.17. The van der Waals surface area contributed by atoms with Gasteiger partial charge in [-0.1, -0.05) is 31.4 Å². The van der Waals surface area contributed by atoms with E-state index in [9.17, 15) is 18.4 Å². The molecule has 108 valence electrons. The van der Waals surface area contributed by atoms with Gasteiger partial charge in [0.15, 0.2) is 0 Å². The standard InChI is InChI=1S/C15H17F3N2/c16-15(17,18)12-7-4-5-9-14(12)20-13-8-3-1-2-6-11(13)10-19/h4-5,7,9,11,13,20H,1-3,6,8H2. The Morgan fingerprint density at radius 3 is 2.50 bits per heavy atom. The van der Waals surface area contributed by atoms with Crippen molar-refractivity contribution < 1.29 is 13.2 Å². The van der Waals surface area contributed by atoms with Gasteiger partial charge in [-0.05, 0) is 25.0 Å². The number of rotatable bonds is 2. The predicted molar refractivity (Wildman–Crippen MR) is 71.0 cm³/mol. The summed E-state index contributed by atoms with van der Waals surface area (Å²) in [5, 5.41) is 12.1. The maximum atomic E-state index is 13.0. The van der Waals surface area contributed by atoms with E-state index in [0.717, 1.165) is 38.2 Å². The fourth-order valence-electron chi connectivity index (χ4n) is 2.69. The molecule has 0 bridgehead atoms. The van der Waals surface area contributed by atoms with Crippen LogP contribution in [0.25, 0.3) is 0 Å². The number of anilines is 1. The summed E-state index contributed by atoms with van der Waals surface area (Å²) >= 11 is 0. The fraction of sp³-hybridized carbons (Fsp3) is 0.533. The first kappa shape index (κ1) is 14.7. The molecule has 0 saturated heterocycles. The number of nitriles is 1. The van der Waals surface area contributed by atoms with Crippen LogP contribution >= 0.6 is 0 Å². The third kappa shape index (κ3) is 3.44. The molecule has 1 aliphatic rings. The van der Waals surface area contributed by atoms with Gasteiger partial charge in [-0.25, -0.2) is 0 Å². The molecule has 0 radical (unpaired) electrons. The van der Waals surface area contributed by atoms with Gasteiger partial charge in [0.2, 0.25) is 0 Å². The number of benzene rings is 1. The summed E-state index contributed by atoms with van der Waals surface area (Å²) in [5.74, 6) is -0.223. The van der Waals surface area contributed by atoms with Crippen molar-refractivity contribution in [1.82, 2.24) is 0 Å². The molecule has 1 fully saturated rings. The van der Waals surface area contributed by atoms with Crippen molar-refractivity contribution >= 4 is 5.69 Å². The molecule has 0 amide bonds. The van der Waals surface area contributed by atoms with E-state index in [-0.39, 0.29) is 17.6 Å². The highest BCUT2D eigenvalue weighted by molar-refractivity contribution is 5.53. The molecule has 1 aromatic carbocycles. The number of hydrogen-bond donors (Lipinski definition) is 1. The highest BCUT2D eigenvalue weighted by atomic mass is 19.4. The molecule has 0 spiro atoms. The minimum absolute atomic E-state index is 0.0761. The number of halogens is 3. The monoisotopic (exact) mass is 282 g/mol. The van der Waals surface area contributed by atoms with Gasteiger partial charge in [0, 0.05) is 11.7 Å². The Hall–Kier alpha value is -1.70. The van der Waals surface area contributed by atoms with Gasteiger partial charge in [-0.3, -0.25) is 0 Å². The van der Waals surface area contributed by atoms with Crippen LogP contribution in [0.3, 0.4) is 0 Å². The van der Waals surface area contributed by atoms with Crippen LogP contribution in [0.5, 0.6) is 0 Å². The zero-order valence-corrected chi connectivity index (χ0v) is 11.1. The molecule has 0 heterocycles. The molecule has 2 rings (SSSR count). The van der Waals surface area contributed by atoms with E-state index >= 15 is 0 Å². The maximum absolute atomic E-state index is 13.0. The molecule has 1 aliphatic carbocycles. The Bertz CT molecular complexity index is 491. The minimum Gasteiger partial charge on any atom is -0.380 e. The van der Waals surface area contributed by atoms with E-state index in [4.69, 9.17) is 0 Å². The lowest BCUT2D eigenvalue weighted by Gasteiger charge is -2.24. The molecule has 0 aliphatic heterocycles. The van der Waals surface area contributed by atoms with Gasteiger partial charge >= 0.3 is 6.18 Å². The van der Waals surface area contributed by atoms with Gasteiger partial charge < -0.3 is 5.32 Å². The molecule has 20 heavy (non-hydrogen) atoms. The molecule has 0 aromatic heterocycles. The van der Waals surface area contributed by atoms with E-state index in [2.05, 4.69) is 11.4 Å². The highest BCUT2D eigenvalue weighted by Gasteiger charge is 2.34. The first-order chi connectivity index (χ1) is 9.52. The van der Waals surface area contributed by atoms with Crippen molar-refractivity contribution in [3.63, 3.8) is 0 Å². The molecule has 5 heteroatoms. The first-order valence-electron chi connectivity index (χ1n) is 6.85. The molecular formula is C15H17F3N2. The lowest BCUT2D eigenvalue weighted by Crippen LogP contribution is -2.28. The topological polar surface area (TPSA) is 35.8 Å². The summed E-state index contributed by atoms with van der Waals surface area (Å²) in [5.41, 5.74) is -0.590. The summed E-state index contributed by atoms with van der Waals surface area (Å²) in [6, 6.07) is 7.49. The Labute approximate surface area is 116 Å². The zero-order valence-electron chi connectivity index (χ0n) is 11.1. The lowest BCUT2D eigenvalue weighted by molar-refractivity contribution is -0.137. The largest absolute Gasteiger partial charge is 0.418 e. The third-order valence-corrected chi connectivity index (χ3v) is 3.76. The molecular weight excluding hydrogens is 265 g/mol. The second-order valence-corrected chi connectivity index (χ2v) is 5.17. The number of alkyl halides is 3. The van der Waals surface area contributed by atoms with Gasteiger partial charge in [0.05, 0.1) is 17.6 Å². The first-order valence-corrected chi connectivity index (χ1v) is 6.85. The minimum atomic E-state index is -4.38. The van der Waals surface area contributed by atoms with Crippen LogP contribution < -0.4 is 5.32 Å². The van der Waals surface area contributed by atoms with E-state index < -0.39 is 11.7 Å². The Morgan fingerprint density at radius 2 is 1.80 bits per heavy atom. The van der Waals surface area contributed by atoms with E-state index in [1.807, 2.05) is 0 Å². The average Bonchev–Trinajstić information content (AvgIpc) is 2.63. The van der Waals surface area contributed by atoms with Crippen molar-refractivity contribution in [2.45, 2.75) is 44.3 Å². The smallest absolute Gasteiger partial charge is 0.380 e. The van der Waals surface area contributed by atoms with Gasteiger partial charge in [-0.15, -0.1) is 0 Å². The summed E-state index contributed by atoms with van der Waals surface area (Å²) in [6.45, 7) is 0. The molecule has 2 unspecified atom stereocenters. The quantitative estimate of drug-likeness (QED) is 0.805. The van der Waals surface area contributed by atoms with Crippen LogP contribution in [0.4, 0.5) is 18.9 Å². The zero-order chi connectivity index (χ0) is 14.6. The fourth-order valence-corrected chi connectivity index (χ4v) is 2.69. The average molecular weight is 282 g/mol. The van der Waals surface area contributed by atoms with Crippen LogP contribution in [0.15, 0.2) is 24.3 Å². The van der Waals surface area contributed by atoms with Crippen LogP contribution in [0, 0.1) is 17.2 Å². The van der Waals surface area contributed by atoms with Crippen molar-refractivity contribution in [2.24, 2.45) is 5.92 Å². The summed E-state index contributed by atoms with van der Waals surface area (Å²) < 4.78 is 38.9. The molecule has 1 saturated carbocycles. The number of nitrogens with zero attached hydrogens (tertiary/aromatic N) is 1. The summed E-state index contributed by atoms with van der Waals surface area (Å²) in [7, 11) is 0. The van der Waals surface area contributed by atoms with Gasteiger partial charge in [0.25, 0.3) is 0 Å². The van der Waals surface area contributed by atoms with Crippen LogP contribution in [0.1, 0.15) is 37.7 Å². The Morgan fingerprint density at radius 1 is 1.10 bits per heavy atom. The SMILES string of the molecule is N#CC1CCCCCC1Nc1ccccc1C(F)(F)F. The summed E-state index contributed by atoms with van der Waals surface area (Å²) in [6.07, 6.45) is 0.0713. The van der Waals surface area contributed by atoms with Crippen LogP contribution in [-0.4, -0.2) is 6.04 Å². The Balaban J connectivity index is 2.22. The van der Waals surface area contributed by atoms with Gasteiger partial charge in [-0.2, -0.15) is 18.4 Å². The van der Waals surface area contributed by atoms with Crippen LogP contribution in [0.2, 0.25) is 0 Å². The van der Waals surface area contributed by atoms with E-state index in [0.29, 0.717) is 0 Å². The molecule has 1 aromatic rings. The maximum Gasteiger partial charge on any atom is 0.418 e. The molecule has 2 atom stereocenters. The number of nitrogens with one attached hydrogen (secondary N) is 1. The van der Waals surface area contributed by atoms with Crippen molar-refractivity contribution in [2.75, 3.05) is 5.32 Å². The van der Waals surface area contributed by atoms with Crippen molar-refractivity contribution in [3.05, 3.63) is 29.8 Å². The Kier molecular flexibility index (Phi) is 4.53. The molecule has 1 N–H and O–H groups in total. The molecule has 2 nitrogen and oxygen atoms in total. The van der Waals surface area contributed by atoms with Gasteiger partial charge in [0.1, 0.15) is 0 Å². The predicted octanol–water partition coefficient (Wildman–Crippen LogP) is 4.59. The third-order valence-electron chi connectivity index (χ3n) is 3.76. The second-order valence-electron chi connectivity index (χ2n) is 5.17. The van der Waals surface area contributed by atoms with Crippen molar-refractivity contribution in [3.8, 4) is 6.07 Å². The highest BCUT2D eigenvalue weighted by Crippen LogP contribution is 2.36. The number of para-hydroxylation sites is 1. The summed E-state index contributed by atoms with van der Waals surface area (Å²) in [4.78, 5) is 0. The number of hydrogen-bond acceptors (Lipinski definition) is 2.